The molecular formula is C14H14BrN3O. The molecule has 1 aliphatic carbocycles. The SMILES string of the molecule is CC(=O)Nc1c(Br)c(C2CC2)nn1-c1ccccc1. The molecule has 1 amide bonds. The van der Waals surface area contributed by atoms with Crippen molar-refractivity contribution in [2.24, 2.45) is 0 Å². The molecule has 3 rings (SSSR count). The third kappa shape index (κ3) is 2.42. The highest BCUT2D eigenvalue weighted by Crippen LogP contribution is 2.45. The molecule has 1 N–H and O–H groups in total. The predicted octanol–water partition coefficient (Wildman–Crippen LogP) is 3.47. The first-order chi connectivity index (χ1) is 9.16. The van der Waals surface area contributed by atoms with E-state index in [2.05, 4.69) is 26.3 Å². The second-order valence-electron chi connectivity index (χ2n) is 4.75. The summed E-state index contributed by atoms with van der Waals surface area (Å²) in [6.07, 6.45) is 2.34. The van der Waals surface area contributed by atoms with E-state index >= 15 is 0 Å². The van der Waals surface area contributed by atoms with E-state index in [1.54, 1.807) is 4.68 Å². The van der Waals surface area contributed by atoms with Crippen LogP contribution in [0.5, 0.6) is 0 Å². The van der Waals surface area contributed by atoms with E-state index < -0.39 is 0 Å². The second kappa shape index (κ2) is 4.81. The monoisotopic (exact) mass is 319 g/mol. The van der Waals surface area contributed by atoms with Crippen molar-refractivity contribution < 1.29 is 4.79 Å². The molecule has 1 aliphatic rings. The van der Waals surface area contributed by atoms with E-state index in [9.17, 15) is 4.79 Å². The number of amides is 1. The Morgan fingerprint density at radius 2 is 2.05 bits per heavy atom. The van der Waals surface area contributed by atoms with Gasteiger partial charge in [0.1, 0.15) is 0 Å². The van der Waals surface area contributed by atoms with E-state index in [1.807, 2.05) is 30.3 Å². The third-order valence-corrected chi connectivity index (χ3v) is 3.89. The van der Waals surface area contributed by atoms with Crippen LogP contribution in [0.25, 0.3) is 5.69 Å². The van der Waals surface area contributed by atoms with Crippen LogP contribution >= 0.6 is 15.9 Å². The van der Waals surface area contributed by atoms with Crippen LogP contribution in [-0.2, 0) is 4.79 Å². The zero-order valence-electron chi connectivity index (χ0n) is 10.6. The Labute approximate surface area is 119 Å². The van der Waals surface area contributed by atoms with Gasteiger partial charge in [-0.2, -0.15) is 5.10 Å². The molecule has 0 bridgehead atoms. The number of nitrogens with one attached hydrogen (secondary N) is 1. The Hall–Kier alpha value is -1.62. The number of carbonyl (C=O) groups is 1. The van der Waals surface area contributed by atoms with E-state index in [4.69, 9.17) is 0 Å². The average Bonchev–Trinajstić information content (AvgIpc) is 3.18. The van der Waals surface area contributed by atoms with Gasteiger partial charge in [0.05, 0.1) is 15.9 Å². The molecular weight excluding hydrogens is 306 g/mol. The second-order valence-corrected chi connectivity index (χ2v) is 5.54. The van der Waals surface area contributed by atoms with Gasteiger partial charge in [0.15, 0.2) is 5.82 Å². The van der Waals surface area contributed by atoms with Crippen LogP contribution in [0.15, 0.2) is 34.8 Å². The minimum absolute atomic E-state index is 0.0971. The first-order valence-electron chi connectivity index (χ1n) is 6.28. The maximum absolute atomic E-state index is 11.4. The van der Waals surface area contributed by atoms with Crippen molar-refractivity contribution in [1.82, 2.24) is 9.78 Å². The number of halogens is 1. The van der Waals surface area contributed by atoms with Gasteiger partial charge in [-0.05, 0) is 40.9 Å². The summed E-state index contributed by atoms with van der Waals surface area (Å²) in [7, 11) is 0. The molecule has 1 heterocycles. The summed E-state index contributed by atoms with van der Waals surface area (Å²) in [4.78, 5) is 11.4. The van der Waals surface area contributed by atoms with E-state index in [0.29, 0.717) is 11.7 Å². The van der Waals surface area contributed by atoms with Crippen molar-refractivity contribution in [2.45, 2.75) is 25.7 Å². The van der Waals surface area contributed by atoms with Gasteiger partial charge in [0.25, 0.3) is 0 Å². The molecule has 5 heteroatoms. The molecule has 0 unspecified atom stereocenters. The Morgan fingerprint density at radius 3 is 2.63 bits per heavy atom. The molecule has 1 aromatic carbocycles. The van der Waals surface area contributed by atoms with Crippen LogP contribution in [0.3, 0.4) is 0 Å². The van der Waals surface area contributed by atoms with Crippen molar-refractivity contribution in [2.75, 3.05) is 5.32 Å². The van der Waals surface area contributed by atoms with Crippen molar-refractivity contribution in [1.29, 1.82) is 0 Å². The molecule has 1 saturated carbocycles. The number of hydrogen-bond donors (Lipinski definition) is 1. The lowest BCUT2D eigenvalue weighted by atomic mass is 10.3. The number of rotatable bonds is 3. The van der Waals surface area contributed by atoms with E-state index in [-0.39, 0.29) is 5.91 Å². The lowest BCUT2D eigenvalue weighted by molar-refractivity contribution is -0.114. The maximum Gasteiger partial charge on any atom is 0.222 e. The zero-order chi connectivity index (χ0) is 13.4. The summed E-state index contributed by atoms with van der Waals surface area (Å²) in [6.45, 7) is 1.51. The molecule has 0 atom stereocenters. The standard InChI is InChI=1S/C14H14BrN3O/c1-9(19)16-14-12(15)13(10-7-8-10)17-18(14)11-5-3-2-4-6-11/h2-6,10H,7-8H2,1H3,(H,16,19). The van der Waals surface area contributed by atoms with Gasteiger partial charge < -0.3 is 5.32 Å². The smallest absolute Gasteiger partial charge is 0.222 e. The number of nitrogens with zero attached hydrogens (tertiary/aromatic N) is 2. The van der Waals surface area contributed by atoms with Gasteiger partial charge in [-0.15, -0.1) is 0 Å². The molecule has 1 aromatic heterocycles. The highest BCUT2D eigenvalue weighted by Gasteiger charge is 2.31. The average molecular weight is 320 g/mol. The largest absolute Gasteiger partial charge is 0.310 e. The first-order valence-corrected chi connectivity index (χ1v) is 7.07. The van der Waals surface area contributed by atoms with Gasteiger partial charge in [-0.3, -0.25) is 4.79 Å². The summed E-state index contributed by atoms with van der Waals surface area (Å²) in [5.41, 5.74) is 1.98. The highest BCUT2D eigenvalue weighted by molar-refractivity contribution is 9.10. The molecule has 0 saturated heterocycles. The Balaban J connectivity index is 2.11. The lowest BCUT2D eigenvalue weighted by Crippen LogP contribution is -2.11. The highest BCUT2D eigenvalue weighted by atomic mass is 79.9. The summed E-state index contributed by atoms with van der Waals surface area (Å²) in [6, 6.07) is 9.82. The third-order valence-electron chi connectivity index (χ3n) is 3.11. The number of carbonyl (C=O) groups excluding carboxylic acids is 1. The van der Waals surface area contributed by atoms with Gasteiger partial charge >= 0.3 is 0 Å². The van der Waals surface area contributed by atoms with Crippen LogP contribution in [-0.4, -0.2) is 15.7 Å². The van der Waals surface area contributed by atoms with E-state index in [0.717, 1.165) is 15.9 Å². The summed E-state index contributed by atoms with van der Waals surface area (Å²) in [5, 5.41) is 7.51. The minimum Gasteiger partial charge on any atom is -0.310 e. The Kier molecular flexibility index (Phi) is 3.14. The van der Waals surface area contributed by atoms with Crippen molar-refractivity contribution in [3.63, 3.8) is 0 Å². The van der Waals surface area contributed by atoms with Crippen molar-refractivity contribution >= 4 is 27.7 Å². The van der Waals surface area contributed by atoms with Gasteiger partial charge in [-0.25, -0.2) is 4.68 Å². The topological polar surface area (TPSA) is 46.9 Å². The molecule has 0 aliphatic heterocycles. The molecule has 19 heavy (non-hydrogen) atoms. The number of aromatic nitrogens is 2. The van der Waals surface area contributed by atoms with Crippen LogP contribution in [0, 0.1) is 0 Å². The number of para-hydroxylation sites is 1. The fraction of sp³-hybridized carbons (Fsp3) is 0.286. The number of benzene rings is 1. The Bertz CT molecular complexity index is 617. The molecule has 2 aromatic rings. The van der Waals surface area contributed by atoms with Crippen molar-refractivity contribution in [3.8, 4) is 5.69 Å². The molecule has 1 fully saturated rings. The van der Waals surface area contributed by atoms with Crippen molar-refractivity contribution in [3.05, 3.63) is 40.5 Å². The lowest BCUT2D eigenvalue weighted by Gasteiger charge is -2.07. The molecule has 98 valence electrons. The summed E-state index contributed by atoms with van der Waals surface area (Å²) >= 11 is 3.57. The van der Waals surface area contributed by atoms with Gasteiger partial charge in [0.2, 0.25) is 5.91 Å². The normalized spacial score (nSPS) is 14.4. The zero-order valence-corrected chi connectivity index (χ0v) is 12.1. The molecule has 0 radical (unpaired) electrons. The molecule has 0 spiro atoms. The predicted molar refractivity (Wildman–Crippen MR) is 77.5 cm³/mol. The van der Waals surface area contributed by atoms with Crippen LogP contribution in [0.1, 0.15) is 31.4 Å². The number of anilines is 1. The first kappa shape index (κ1) is 12.4. The number of hydrogen-bond acceptors (Lipinski definition) is 2. The maximum atomic E-state index is 11.4. The van der Waals surface area contributed by atoms with Gasteiger partial charge in [-0.1, -0.05) is 18.2 Å². The minimum atomic E-state index is -0.0971. The fourth-order valence-electron chi connectivity index (χ4n) is 2.06. The van der Waals surface area contributed by atoms with Crippen LogP contribution < -0.4 is 5.32 Å². The fourth-order valence-corrected chi connectivity index (χ4v) is 2.73. The van der Waals surface area contributed by atoms with Crippen LogP contribution in [0.4, 0.5) is 5.82 Å². The van der Waals surface area contributed by atoms with E-state index in [1.165, 1.54) is 19.8 Å². The quantitative estimate of drug-likeness (QED) is 0.941. The van der Waals surface area contributed by atoms with Crippen LogP contribution in [0.2, 0.25) is 0 Å². The summed E-state index contributed by atoms with van der Waals surface area (Å²) in [5.74, 6) is 1.13. The molecule has 4 nitrogen and oxygen atoms in total. The Morgan fingerprint density at radius 1 is 1.37 bits per heavy atom. The summed E-state index contributed by atoms with van der Waals surface area (Å²) < 4.78 is 2.69. The van der Waals surface area contributed by atoms with Gasteiger partial charge in [0, 0.05) is 12.8 Å².